The maximum absolute atomic E-state index is 12.3. The highest BCUT2D eigenvalue weighted by Gasteiger charge is 2.20. The highest BCUT2D eigenvalue weighted by atomic mass is 32.2. The minimum Gasteiger partial charge on any atom is -0.354 e. The van der Waals surface area contributed by atoms with Crippen LogP contribution in [0.1, 0.15) is 23.0 Å². The van der Waals surface area contributed by atoms with Crippen LogP contribution in [0.5, 0.6) is 0 Å². The number of hydrogen-bond donors (Lipinski definition) is 3. The maximum Gasteiger partial charge on any atom is 0.253 e. The third-order valence-electron chi connectivity index (χ3n) is 3.28. The normalized spacial score (nSPS) is 16.0. The number of carbonyl (C=O) groups is 2. The van der Waals surface area contributed by atoms with Crippen molar-refractivity contribution in [2.24, 2.45) is 0 Å². The Bertz CT molecular complexity index is 775. The van der Waals surface area contributed by atoms with Gasteiger partial charge >= 0.3 is 0 Å². The zero-order valence-corrected chi connectivity index (χ0v) is 13.8. The van der Waals surface area contributed by atoms with Crippen LogP contribution in [-0.2, 0) is 4.79 Å². The van der Waals surface area contributed by atoms with Crippen LogP contribution in [0.4, 0.5) is 5.69 Å². The average molecular weight is 340 g/mol. The van der Waals surface area contributed by atoms with E-state index in [-0.39, 0.29) is 17.3 Å². The number of aromatic nitrogens is 1. The van der Waals surface area contributed by atoms with Crippen molar-refractivity contribution >= 4 is 35.0 Å². The van der Waals surface area contributed by atoms with Crippen molar-refractivity contribution in [3.63, 3.8) is 0 Å². The molecule has 1 aliphatic heterocycles. The smallest absolute Gasteiger partial charge is 0.253 e. The van der Waals surface area contributed by atoms with Gasteiger partial charge in [0, 0.05) is 29.8 Å². The van der Waals surface area contributed by atoms with Gasteiger partial charge in [0.2, 0.25) is 5.91 Å². The summed E-state index contributed by atoms with van der Waals surface area (Å²) in [6.07, 6.45) is 1.73. The van der Waals surface area contributed by atoms with Crippen LogP contribution in [0.15, 0.2) is 54.1 Å². The van der Waals surface area contributed by atoms with Gasteiger partial charge in [-0.05, 0) is 36.4 Å². The molecular weight excluding hydrogens is 324 g/mol. The van der Waals surface area contributed by atoms with Crippen LogP contribution < -0.4 is 16.0 Å². The first-order valence-corrected chi connectivity index (χ1v) is 8.28. The molecule has 0 radical (unpaired) electrons. The number of nitrogens with one attached hydrogen (secondary N) is 3. The van der Waals surface area contributed by atoms with E-state index in [1.807, 2.05) is 23.6 Å². The zero-order chi connectivity index (χ0) is 16.9. The van der Waals surface area contributed by atoms with Crippen molar-refractivity contribution in [1.82, 2.24) is 15.6 Å². The second kappa shape index (κ2) is 7.18. The fourth-order valence-corrected chi connectivity index (χ4v) is 3.01. The van der Waals surface area contributed by atoms with Crippen molar-refractivity contribution < 1.29 is 9.59 Å². The van der Waals surface area contributed by atoms with Crippen LogP contribution in [0.25, 0.3) is 5.70 Å². The lowest BCUT2D eigenvalue weighted by atomic mass is 10.2. The SMILES string of the molecule is CC(=O)Nc1ccc(C(=O)NC2NC(c3ccccn3)=CS2)cc1. The van der Waals surface area contributed by atoms with Crippen LogP contribution >= 0.6 is 11.8 Å². The predicted octanol–water partition coefficient (Wildman–Crippen LogP) is 2.39. The van der Waals surface area contributed by atoms with E-state index in [4.69, 9.17) is 0 Å². The number of rotatable bonds is 4. The molecule has 7 heteroatoms. The summed E-state index contributed by atoms with van der Waals surface area (Å²) >= 11 is 1.48. The van der Waals surface area contributed by atoms with Gasteiger partial charge in [-0.1, -0.05) is 17.8 Å². The average Bonchev–Trinajstić information content (AvgIpc) is 3.04. The summed E-state index contributed by atoms with van der Waals surface area (Å²) in [5.74, 6) is -0.336. The van der Waals surface area contributed by atoms with Gasteiger partial charge in [-0.25, -0.2) is 0 Å². The zero-order valence-electron chi connectivity index (χ0n) is 12.9. The Kier molecular flexibility index (Phi) is 4.81. The van der Waals surface area contributed by atoms with Crippen LogP contribution in [0, 0.1) is 0 Å². The maximum atomic E-state index is 12.3. The summed E-state index contributed by atoms with van der Waals surface area (Å²) in [5.41, 5.74) is 2.65. The number of nitrogens with zero attached hydrogens (tertiary/aromatic N) is 1. The molecule has 1 aromatic heterocycles. The lowest BCUT2D eigenvalue weighted by Crippen LogP contribution is -2.39. The first-order chi connectivity index (χ1) is 11.6. The highest BCUT2D eigenvalue weighted by molar-refractivity contribution is 8.03. The van der Waals surface area contributed by atoms with Crippen molar-refractivity contribution in [1.29, 1.82) is 0 Å². The van der Waals surface area contributed by atoms with Gasteiger partial charge in [0.25, 0.3) is 5.91 Å². The van der Waals surface area contributed by atoms with Gasteiger partial charge in [-0.3, -0.25) is 14.6 Å². The Hall–Kier alpha value is -2.80. The van der Waals surface area contributed by atoms with Gasteiger partial charge in [0.15, 0.2) is 5.50 Å². The molecule has 0 aliphatic carbocycles. The second-order valence-electron chi connectivity index (χ2n) is 5.14. The van der Waals surface area contributed by atoms with E-state index < -0.39 is 0 Å². The van der Waals surface area contributed by atoms with Gasteiger partial charge in [-0.2, -0.15) is 0 Å². The molecule has 1 aromatic carbocycles. The largest absolute Gasteiger partial charge is 0.354 e. The standard InChI is InChI=1S/C17H16N4O2S/c1-11(22)19-13-7-5-12(6-8-13)16(23)21-17-20-15(10-24-17)14-4-2-3-9-18-14/h2-10,17,20H,1H3,(H,19,22)(H,21,23). The van der Waals surface area contributed by atoms with Crippen molar-refractivity contribution in [3.05, 3.63) is 65.3 Å². The van der Waals surface area contributed by atoms with E-state index in [1.165, 1.54) is 18.7 Å². The fourth-order valence-electron chi connectivity index (χ4n) is 2.18. The second-order valence-corrected chi connectivity index (χ2v) is 6.12. The van der Waals surface area contributed by atoms with Crippen molar-refractivity contribution in [2.45, 2.75) is 12.4 Å². The molecule has 2 aromatic rings. The number of hydrogen-bond acceptors (Lipinski definition) is 5. The van der Waals surface area contributed by atoms with Crippen molar-refractivity contribution in [2.75, 3.05) is 5.32 Å². The molecule has 0 bridgehead atoms. The van der Waals surface area contributed by atoms with E-state index in [0.717, 1.165) is 11.4 Å². The van der Waals surface area contributed by atoms with Crippen LogP contribution in [-0.4, -0.2) is 22.3 Å². The number of anilines is 1. The Morgan fingerprint density at radius 3 is 2.62 bits per heavy atom. The predicted molar refractivity (Wildman–Crippen MR) is 94.9 cm³/mol. The van der Waals surface area contributed by atoms with Crippen LogP contribution in [0.2, 0.25) is 0 Å². The fraction of sp³-hybridized carbons (Fsp3) is 0.118. The lowest BCUT2D eigenvalue weighted by molar-refractivity contribution is -0.114. The van der Waals surface area contributed by atoms with E-state index >= 15 is 0 Å². The van der Waals surface area contributed by atoms with Gasteiger partial charge in [0.1, 0.15) is 0 Å². The summed E-state index contributed by atoms with van der Waals surface area (Å²) < 4.78 is 0. The molecule has 0 saturated heterocycles. The number of thioether (sulfide) groups is 1. The molecule has 0 fully saturated rings. The van der Waals surface area contributed by atoms with Gasteiger partial charge in [0.05, 0.1) is 11.4 Å². The Balaban J connectivity index is 1.57. The summed E-state index contributed by atoms with van der Waals surface area (Å²) in [6, 6.07) is 12.4. The Morgan fingerprint density at radius 2 is 1.96 bits per heavy atom. The van der Waals surface area contributed by atoms with E-state index in [0.29, 0.717) is 11.3 Å². The van der Waals surface area contributed by atoms with Gasteiger partial charge < -0.3 is 16.0 Å². The summed E-state index contributed by atoms with van der Waals surface area (Å²) in [6.45, 7) is 1.44. The summed E-state index contributed by atoms with van der Waals surface area (Å²) in [5, 5.41) is 10.7. The highest BCUT2D eigenvalue weighted by Crippen LogP contribution is 2.24. The number of amides is 2. The Morgan fingerprint density at radius 1 is 1.17 bits per heavy atom. The molecule has 122 valence electrons. The molecule has 0 spiro atoms. The van der Waals surface area contributed by atoms with Crippen molar-refractivity contribution in [3.8, 4) is 0 Å². The minimum absolute atomic E-state index is 0.146. The minimum atomic E-state index is -0.246. The Labute approximate surface area is 143 Å². The first kappa shape index (κ1) is 16.1. The summed E-state index contributed by atoms with van der Waals surface area (Å²) in [4.78, 5) is 27.6. The molecule has 6 nitrogen and oxygen atoms in total. The monoisotopic (exact) mass is 340 g/mol. The van der Waals surface area contributed by atoms with Crippen LogP contribution in [0.3, 0.4) is 0 Å². The molecule has 2 heterocycles. The van der Waals surface area contributed by atoms with E-state index in [2.05, 4.69) is 20.9 Å². The number of carbonyl (C=O) groups excluding carboxylic acids is 2. The molecule has 3 rings (SSSR count). The number of pyridine rings is 1. The molecule has 1 unspecified atom stereocenters. The third-order valence-corrected chi connectivity index (χ3v) is 4.16. The quantitative estimate of drug-likeness (QED) is 0.796. The topological polar surface area (TPSA) is 83.1 Å². The molecular formula is C17H16N4O2S. The van der Waals surface area contributed by atoms with E-state index in [1.54, 1.807) is 30.5 Å². The van der Waals surface area contributed by atoms with E-state index in [9.17, 15) is 9.59 Å². The molecule has 1 atom stereocenters. The summed E-state index contributed by atoms with van der Waals surface area (Å²) in [7, 11) is 0. The lowest BCUT2D eigenvalue weighted by Gasteiger charge is -2.15. The molecule has 0 saturated carbocycles. The third kappa shape index (κ3) is 3.94. The van der Waals surface area contributed by atoms with Gasteiger partial charge in [-0.15, -0.1) is 0 Å². The molecule has 2 amide bonds. The first-order valence-electron chi connectivity index (χ1n) is 7.34. The molecule has 24 heavy (non-hydrogen) atoms. The number of benzene rings is 1. The molecule has 3 N–H and O–H groups in total. The molecule has 1 aliphatic rings.